The number of nitrogens with zero attached hydrogens (tertiary/aromatic N) is 3. The molecule has 1 atom stereocenters. The number of nitrogens with one attached hydrogen (secondary N) is 1. The minimum Gasteiger partial charge on any atom is -0.379 e. The highest BCUT2D eigenvalue weighted by atomic mass is 16.5. The summed E-state index contributed by atoms with van der Waals surface area (Å²) in [6.45, 7) is 11.4. The number of aromatic nitrogens is 1. The van der Waals surface area contributed by atoms with Gasteiger partial charge in [-0.3, -0.25) is 9.69 Å². The van der Waals surface area contributed by atoms with Crippen LogP contribution in [0.1, 0.15) is 37.0 Å². The van der Waals surface area contributed by atoms with Gasteiger partial charge in [0.05, 0.1) is 32.0 Å². The van der Waals surface area contributed by atoms with Gasteiger partial charge in [-0.15, -0.1) is 0 Å². The standard InChI is InChI=1S/C21H34N4O3/c1-3-17(4-2)19(24-8-12-27-13-9-24)16-23-21(26)18-6-5-7-22-20(18)25-10-14-28-15-11-25/h5-7,17,19H,3-4,8-16H2,1-2H3,(H,23,26). The Kier molecular flexibility index (Phi) is 8.06. The lowest BCUT2D eigenvalue weighted by molar-refractivity contribution is 0.00191. The van der Waals surface area contributed by atoms with Gasteiger partial charge in [0.15, 0.2) is 0 Å². The number of carbonyl (C=O) groups is 1. The fourth-order valence-electron chi connectivity index (χ4n) is 4.23. The molecule has 156 valence electrons. The summed E-state index contributed by atoms with van der Waals surface area (Å²) in [6, 6.07) is 4.04. The number of pyridine rings is 1. The predicted molar refractivity (Wildman–Crippen MR) is 110 cm³/mol. The molecule has 7 nitrogen and oxygen atoms in total. The van der Waals surface area contributed by atoms with Crippen LogP contribution in [0.2, 0.25) is 0 Å². The van der Waals surface area contributed by atoms with Gasteiger partial charge in [-0.05, 0) is 18.1 Å². The number of anilines is 1. The maximum Gasteiger partial charge on any atom is 0.255 e. The van der Waals surface area contributed by atoms with Gasteiger partial charge in [0.2, 0.25) is 0 Å². The average molecular weight is 391 g/mol. The van der Waals surface area contributed by atoms with Crippen molar-refractivity contribution in [3.8, 4) is 0 Å². The van der Waals surface area contributed by atoms with E-state index >= 15 is 0 Å². The van der Waals surface area contributed by atoms with Gasteiger partial charge in [0.1, 0.15) is 5.82 Å². The first-order valence-electron chi connectivity index (χ1n) is 10.6. The van der Waals surface area contributed by atoms with Crippen LogP contribution in [0.25, 0.3) is 0 Å². The highest BCUT2D eigenvalue weighted by molar-refractivity contribution is 5.98. The molecule has 0 bridgehead atoms. The Bertz CT molecular complexity index is 611. The van der Waals surface area contributed by atoms with Gasteiger partial charge >= 0.3 is 0 Å². The van der Waals surface area contributed by atoms with E-state index in [1.54, 1.807) is 6.20 Å². The van der Waals surface area contributed by atoms with Gasteiger partial charge in [-0.1, -0.05) is 26.7 Å². The van der Waals surface area contributed by atoms with Gasteiger partial charge in [-0.2, -0.15) is 0 Å². The fourth-order valence-corrected chi connectivity index (χ4v) is 4.23. The van der Waals surface area contributed by atoms with Gasteiger partial charge in [-0.25, -0.2) is 4.98 Å². The molecular formula is C21H34N4O3. The van der Waals surface area contributed by atoms with Crippen LogP contribution in [0.4, 0.5) is 5.82 Å². The second-order valence-electron chi connectivity index (χ2n) is 7.48. The van der Waals surface area contributed by atoms with E-state index in [0.717, 1.165) is 58.1 Å². The number of hydrogen-bond acceptors (Lipinski definition) is 6. The number of carbonyl (C=O) groups excluding carboxylic acids is 1. The second-order valence-corrected chi connectivity index (χ2v) is 7.48. The third-order valence-electron chi connectivity index (χ3n) is 5.92. The number of hydrogen-bond donors (Lipinski definition) is 1. The van der Waals surface area contributed by atoms with Crippen molar-refractivity contribution in [2.75, 3.05) is 64.1 Å². The summed E-state index contributed by atoms with van der Waals surface area (Å²) < 4.78 is 11.0. The molecule has 3 heterocycles. The second kappa shape index (κ2) is 10.7. The van der Waals surface area contributed by atoms with E-state index in [1.807, 2.05) is 12.1 Å². The molecule has 2 fully saturated rings. The van der Waals surface area contributed by atoms with Crippen molar-refractivity contribution in [2.45, 2.75) is 32.7 Å². The van der Waals surface area contributed by atoms with E-state index in [-0.39, 0.29) is 5.91 Å². The number of ether oxygens (including phenoxy) is 2. The SMILES string of the molecule is CCC(CC)C(CNC(=O)c1cccnc1N1CCOCC1)N1CCOCC1. The highest BCUT2D eigenvalue weighted by Crippen LogP contribution is 2.21. The number of amides is 1. The van der Waals surface area contributed by atoms with Crippen LogP contribution in [0.15, 0.2) is 18.3 Å². The Hall–Kier alpha value is -1.70. The van der Waals surface area contributed by atoms with E-state index in [1.165, 1.54) is 0 Å². The Morgan fingerprint density at radius 2 is 1.75 bits per heavy atom. The summed E-state index contributed by atoms with van der Waals surface area (Å²) >= 11 is 0. The van der Waals surface area contributed by atoms with Gasteiger partial charge in [0.25, 0.3) is 5.91 Å². The molecule has 1 unspecified atom stereocenters. The lowest BCUT2D eigenvalue weighted by Gasteiger charge is -2.39. The molecule has 1 aromatic heterocycles. The largest absolute Gasteiger partial charge is 0.379 e. The number of rotatable bonds is 8. The van der Waals surface area contributed by atoms with E-state index in [2.05, 4.69) is 33.9 Å². The average Bonchev–Trinajstić information content (AvgIpc) is 2.77. The Morgan fingerprint density at radius 3 is 2.39 bits per heavy atom. The topological polar surface area (TPSA) is 66.9 Å². The summed E-state index contributed by atoms with van der Waals surface area (Å²) in [5, 5.41) is 3.21. The normalized spacial score (nSPS) is 19.6. The highest BCUT2D eigenvalue weighted by Gasteiger charge is 2.28. The molecular weight excluding hydrogens is 356 g/mol. The van der Waals surface area contributed by atoms with Crippen LogP contribution >= 0.6 is 0 Å². The smallest absolute Gasteiger partial charge is 0.255 e. The summed E-state index contributed by atoms with van der Waals surface area (Å²) in [6.07, 6.45) is 3.98. The zero-order valence-electron chi connectivity index (χ0n) is 17.2. The predicted octanol–water partition coefficient (Wildman–Crippen LogP) is 1.79. The molecule has 1 N–H and O–H groups in total. The fraction of sp³-hybridized carbons (Fsp3) is 0.714. The van der Waals surface area contributed by atoms with E-state index in [4.69, 9.17) is 9.47 Å². The monoisotopic (exact) mass is 390 g/mol. The maximum atomic E-state index is 13.0. The Morgan fingerprint density at radius 1 is 1.11 bits per heavy atom. The molecule has 2 saturated heterocycles. The summed E-state index contributed by atoms with van der Waals surface area (Å²) in [4.78, 5) is 22.2. The van der Waals surface area contributed by atoms with Gasteiger partial charge in [0, 0.05) is 45.0 Å². The van der Waals surface area contributed by atoms with Crippen molar-refractivity contribution in [3.05, 3.63) is 23.9 Å². The van der Waals surface area contributed by atoms with Crippen molar-refractivity contribution >= 4 is 11.7 Å². The van der Waals surface area contributed by atoms with Gasteiger partial charge < -0.3 is 19.7 Å². The third kappa shape index (κ3) is 5.21. The van der Waals surface area contributed by atoms with Crippen LogP contribution in [-0.2, 0) is 9.47 Å². The molecule has 2 aliphatic rings. The zero-order valence-corrected chi connectivity index (χ0v) is 17.2. The van der Waals surface area contributed by atoms with Crippen LogP contribution in [-0.4, -0.2) is 81.0 Å². The Labute approximate surface area is 168 Å². The molecule has 0 spiro atoms. The van der Waals surface area contributed by atoms with Crippen LogP contribution in [0, 0.1) is 5.92 Å². The first kappa shape index (κ1) is 21.0. The molecule has 28 heavy (non-hydrogen) atoms. The minimum atomic E-state index is -0.0428. The minimum absolute atomic E-state index is 0.0428. The molecule has 0 saturated carbocycles. The molecule has 1 aromatic rings. The number of morpholine rings is 2. The molecule has 0 aromatic carbocycles. The third-order valence-corrected chi connectivity index (χ3v) is 5.92. The van der Waals surface area contributed by atoms with Crippen molar-refractivity contribution in [1.82, 2.24) is 15.2 Å². The van der Waals surface area contributed by atoms with Crippen LogP contribution in [0.5, 0.6) is 0 Å². The summed E-state index contributed by atoms with van der Waals surface area (Å²) in [5.41, 5.74) is 0.648. The molecule has 7 heteroatoms. The molecule has 1 amide bonds. The molecule has 0 aliphatic carbocycles. The molecule has 0 radical (unpaired) electrons. The van der Waals surface area contributed by atoms with Crippen molar-refractivity contribution < 1.29 is 14.3 Å². The summed E-state index contributed by atoms with van der Waals surface area (Å²) in [5.74, 6) is 1.28. The van der Waals surface area contributed by atoms with E-state index in [0.29, 0.717) is 37.3 Å². The van der Waals surface area contributed by atoms with E-state index < -0.39 is 0 Å². The summed E-state index contributed by atoms with van der Waals surface area (Å²) in [7, 11) is 0. The molecule has 2 aliphatic heterocycles. The Balaban J connectivity index is 1.68. The first-order valence-corrected chi connectivity index (χ1v) is 10.6. The first-order chi connectivity index (χ1) is 13.7. The van der Waals surface area contributed by atoms with Crippen LogP contribution in [0.3, 0.4) is 0 Å². The van der Waals surface area contributed by atoms with E-state index in [9.17, 15) is 4.79 Å². The lowest BCUT2D eigenvalue weighted by Crippen LogP contribution is -2.52. The quantitative estimate of drug-likeness (QED) is 0.730. The van der Waals surface area contributed by atoms with Crippen molar-refractivity contribution in [1.29, 1.82) is 0 Å². The molecule has 3 rings (SSSR count). The van der Waals surface area contributed by atoms with Crippen molar-refractivity contribution in [3.63, 3.8) is 0 Å². The van der Waals surface area contributed by atoms with Crippen LogP contribution < -0.4 is 10.2 Å². The van der Waals surface area contributed by atoms with Crippen molar-refractivity contribution in [2.24, 2.45) is 5.92 Å². The maximum absolute atomic E-state index is 13.0. The lowest BCUT2D eigenvalue weighted by atomic mass is 9.92. The zero-order chi connectivity index (χ0) is 19.8.